The highest BCUT2D eigenvalue weighted by Crippen LogP contribution is 2.45. The summed E-state index contributed by atoms with van der Waals surface area (Å²) in [6, 6.07) is 9.23. The number of rotatable bonds is 6. The summed E-state index contributed by atoms with van der Waals surface area (Å²) in [6.45, 7) is 11.2. The van der Waals surface area contributed by atoms with Crippen LogP contribution < -0.4 is 5.73 Å². The van der Waals surface area contributed by atoms with Crippen LogP contribution in [0.5, 0.6) is 0 Å². The number of allylic oxidation sites excluding steroid dienone is 5. The average Bonchev–Trinajstić information content (AvgIpc) is 2.99. The lowest BCUT2D eigenvalue weighted by atomic mass is 9.78. The lowest BCUT2D eigenvalue weighted by molar-refractivity contribution is 0.464. The number of nitrogens with two attached hydrogens (primary N) is 1. The number of hydrogen-bond donors (Lipinski definition) is 1. The van der Waals surface area contributed by atoms with E-state index in [1.807, 2.05) is 0 Å². The van der Waals surface area contributed by atoms with Crippen molar-refractivity contribution in [3.05, 3.63) is 76.9 Å². The smallest absolute Gasteiger partial charge is 0.0262 e. The maximum atomic E-state index is 6.12. The molecule has 3 rings (SSSR count). The summed E-state index contributed by atoms with van der Waals surface area (Å²) in [5, 5.41) is 0. The molecule has 144 valence electrons. The zero-order valence-corrected chi connectivity index (χ0v) is 17.3. The average molecular weight is 362 g/mol. The molecule has 2 aliphatic carbocycles. The summed E-state index contributed by atoms with van der Waals surface area (Å²) in [5.41, 5.74) is 14.6. The second-order valence-electron chi connectivity index (χ2n) is 8.53. The number of unbranched alkanes of at least 4 members (excludes halogenated alkanes) is 1. The first-order chi connectivity index (χ1) is 13.0. The van der Waals surface area contributed by atoms with Gasteiger partial charge in [-0.25, -0.2) is 0 Å². The van der Waals surface area contributed by atoms with Crippen molar-refractivity contribution in [2.75, 3.05) is 0 Å². The quantitative estimate of drug-likeness (QED) is 0.557. The van der Waals surface area contributed by atoms with E-state index in [2.05, 4.69) is 69.8 Å². The first-order valence-corrected chi connectivity index (χ1v) is 10.6. The van der Waals surface area contributed by atoms with Crippen molar-refractivity contribution >= 4 is 5.57 Å². The van der Waals surface area contributed by atoms with Gasteiger partial charge in [-0.3, -0.25) is 0 Å². The Morgan fingerprint density at radius 1 is 1.19 bits per heavy atom. The Morgan fingerprint density at radius 3 is 2.48 bits per heavy atom. The highest BCUT2D eigenvalue weighted by molar-refractivity contribution is 5.85. The number of hydrogen-bond acceptors (Lipinski definition) is 1. The Hall–Kier alpha value is -1.86. The van der Waals surface area contributed by atoms with Gasteiger partial charge in [-0.05, 0) is 67.6 Å². The van der Waals surface area contributed by atoms with Crippen LogP contribution in [0.3, 0.4) is 0 Å². The van der Waals surface area contributed by atoms with Crippen molar-refractivity contribution in [2.24, 2.45) is 17.6 Å². The van der Waals surface area contributed by atoms with Crippen LogP contribution >= 0.6 is 0 Å². The molecule has 1 aromatic rings. The van der Waals surface area contributed by atoms with Crippen molar-refractivity contribution in [2.45, 2.75) is 65.3 Å². The fourth-order valence-corrected chi connectivity index (χ4v) is 4.60. The van der Waals surface area contributed by atoms with Crippen molar-refractivity contribution < 1.29 is 0 Å². The first kappa shape index (κ1) is 19.9. The zero-order chi connectivity index (χ0) is 19.4. The molecule has 1 aromatic carbocycles. The van der Waals surface area contributed by atoms with Crippen LogP contribution in [-0.4, -0.2) is 6.04 Å². The van der Waals surface area contributed by atoms with E-state index >= 15 is 0 Å². The first-order valence-electron chi connectivity index (χ1n) is 10.6. The van der Waals surface area contributed by atoms with E-state index in [1.165, 1.54) is 53.5 Å². The van der Waals surface area contributed by atoms with Gasteiger partial charge in [-0.2, -0.15) is 0 Å². The van der Waals surface area contributed by atoms with Gasteiger partial charge < -0.3 is 5.73 Å². The molecule has 27 heavy (non-hydrogen) atoms. The summed E-state index contributed by atoms with van der Waals surface area (Å²) in [4.78, 5) is 0. The molecule has 0 saturated heterocycles. The van der Waals surface area contributed by atoms with E-state index in [0.717, 1.165) is 12.8 Å². The fourth-order valence-electron chi connectivity index (χ4n) is 4.60. The van der Waals surface area contributed by atoms with Crippen LogP contribution in [0.4, 0.5) is 0 Å². The molecule has 1 nitrogen and oxygen atoms in total. The summed E-state index contributed by atoms with van der Waals surface area (Å²) >= 11 is 0. The minimum Gasteiger partial charge on any atom is -0.324 e. The minimum atomic E-state index is 0.150. The van der Waals surface area contributed by atoms with Gasteiger partial charge in [0.15, 0.2) is 0 Å². The summed E-state index contributed by atoms with van der Waals surface area (Å²) < 4.78 is 0. The highest BCUT2D eigenvalue weighted by atomic mass is 14.6. The monoisotopic (exact) mass is 361 g/mol. The van der Waals surface area contributed by atoms with Gasteiger partial charge in [0.1, 0.15) is 0 Å². The van der Waals surface area contributed by atoms with E-state index in [-0.39, 0.29) is 6.04 Å². The Labute approximate surface area is 165 Å². The lowest BCUT2D eigenvalue weighted by Crippen LogP contribution is -2.18. The molecule has 2 aliphatic rings. The minimum absolute atomic E-state index is 0.150. The van der Waals surface area contributed by atoms with E-state index < -0.39 is 0 Å². The second-order valence-corrected chi connectivity index (χ2v) is 8.53. The van der Waals surface area contributed by atoms with Crippen LogP contribution in [-0.2, 0) is 0 Å². The molecular formula is C26H35N. The molecule has 0 heterocycles. The standard InChI is InChI=1S/C26H35N/c1-5-6-7-24(25-17-19(3)16-20(25)4)26(21-10-8-18(2)9-11-21)22-12-14-23(27)15-13-22/h8-14,20,23,25H,3,5-7,15-17,27H2,1-2,4H3/b26-24-. The molecule has 1 heteroatoms. The van der Waals surface area contributed by atoms with Crippen molar-refractivity contribution in [3.63, 3.8) is 0 Å². The van der Waals surface area contributed by atoms with Crippen LogP contribution in [0.2, 0.25) is 0 Å². The lowest BCUT2D eigenvalue weighted by Gasteiger charge is -2.26. The SMILES string of the molecule is C=C1CC(C)C(/C(CCCC)=C(\C2=CCC(N)C=C2)c2ccc(C)cc2)C1. The predicted molar refractivity (Wildman–Crippen MR) is 118 cm³/mol. The second kappa shape index (κ2) is 8.89. The van der Waals surface area contributed by atoms with Gasteiger partial charge in [-0.15, -0.1) is 0 Å². The molecule has 3 atom stereocenters. The molecule has 1 saturated carbocycles. The van der Waals surface area contributed by atoms with Crippen molar-refractivity contribution in [1.82, 2.24) is 0 Å². The predicted octanol–water partition coefficient (Wildman–Crippen LogP) is 6.75. The van der Waals surface area contributed by atoms with Gasteiger partial charge in [0.25, 0.3) is 0 Å². The molecule has 3 unspecified atom stereocenters. The molecule has 0 amide bonds. The Kier molecular flexibility index (Phi) is 6.55. The maximum absolute atomic E-state index is 6.12. The van der Waals surface area contributed by atoms with E-state index in [1.54, 1.807) is 5.57 Å². The summed E-state index contributed by atoms with van der Waals surface area (Å²) in [5.74, 6) is 1.30. The highest BCUT2D eigenvalue weighted by Gasteiger charge is 2.31. The zero-order valence-electron chi connectivity index (χ0n) is 17.3. The van der Waals surface area contributed by atoms with Gasteiger partial charge in [-0.1, -0.05) is 86.1 Å². The van der Waals surface area contributed by atoms with Crippen LogP contribution in [0.15, 0.2) is 65.8 Å². The molecule has 0 spiro atoms. The largest absolute Gasteiger partial charge is 0.324 e. The molecule has 1 fully saturated rings. The van der Waals surface area contributed by atoms with Crippen molar-refractivity contribution in [1.29, 1.82) is 0 Å². The third-order valence-electron chi connectivity index (χ3n) is 6.14. The Morgan fingerprint density at radius 2 is 1.93 bits per heavy atom. The summed E-state index contributed by atoms with van der Waals surface area (Å²) in [6.07, 6.45) is 13.7. The number of benzene rings is 1. The van der Waals surface area contributed by atoms with Crippen LogP contribution in [0.1, 0.15) is 63.5 Å². The van der Waals surface area contributed by atoms with Crippen LogP contribution in [0.25, 0.3) is 5.57 Å². The van der Waals surface area contributed by atoms with E-state index in [0.29, 0.717) is 11.8 Å². The van der Waals surface area contributed by atoms with Gasteiger partial charge >= 0.3 is 0 Å². The third kappa shape index (κ3) is 4.71. The van der Waals surface area contributed by atoms with Crippen molar-refractivity contribution in [3.8, 4) is 0 Å². The number of aryl methyl sites for hydroxylation is 1. The fraction of sp³-hybridized carbons (Fsp3) is 0.462. The van der Waals surface area contributed by atoms with E-state index in [9.17, 15) is 0 Å². The van der Waals surface area contributed by atoms with Gasteiger partial charge in [0.2, 0.25) is 0 Å². The Balaban J connectivity index is 2.14. The third-order valence-corrected chi connectivity index (χ3v) is 6.14. The Bertz CT molecular complexity index is 760. The van der Waals surface area contributed by atoms with Crippen LogP contribution in [0, 0.1) is 18.8 Å². The normalized spacial score (nSPS) is 26.1. The van der Waals surface area contributed by atoms with Gasteiger partial charge in [0.05, 0.1) is 0 Å². The topological polar surface area (TPSA) is 26.0 Å². The molecular weight excluding hydrogens is 326 g/mol. The molecule has 0 radical (unpaired) electrons. The maximum Gasteiger partial charge on any atom is 0.0262 e. The molecule has 0 aliphatic heterocycles. The molecule has 0 bridgehead atoms. The summed E-state index contributed by atoms with van der Waals surface area (Å²) in [7, 11) is 0. The molecule has 0 aromatic heterocycles. The van der Waals surface area contributed by atoms with Gasteiger partial charge in [0, 0.05) is 6.04 Å². The van der Waals surface area contributed by atoms with E-state index in [4.69, 9.17) is 5.73 Å². The molecule has 2 N–H and O–H groups in total.